The predicted molar refractivity (Wildman–Crippen MR) is 80.6 cm³/mol. The van der Waals surface area contributed by atoms with Gasteiger partial charge in [-0.15, -0.1) is 0 Å². The maximum Gasteiger partial charge on any atom is 0.524 e. The van der Waals surface area contributed by atoms with Crippen molar-refractivity contribution in [1.29, 1.82) is 0 Å². The van der Waals surface area contributed by atoms with Crippen molar-refractivity contribution in [3.63, 3.8) is 0 Å². The Bertz CT molecular complexity index is 612. The molecule has 1 aliphatic heterocycles. The van der Waals surface area contributed by atoms with E-state index in [0.717, 1.165) is 11.3 Å². The lowest BCUT2D eigenvalue weighted by atomic mass is 9.79. The number of phosphoric acid groups is 1. The lowest BCUT2D eigenvalue weighted by Gasteiger charge is -2.22. The van der Waals surface area contributed by atoms with Crippen molar-refractivity contribution >= 4 is 13.6 Å². The zero-order chi connectivity index (χ0) is 15.8. The fraction of sp³-hybridized carbons (Fsp3) is 0.467. The van der Waals surface area contributed by atoms with E-state index in [4.69, 9.17) is 14.5 Å². The summed E-state index contributed by atoms with van der Waals surface area (Å²) in [7, 11) is -4.56. The van der Waals surface area contributed by atoms with Crippen molar-refractivity contribution < 1.29 is 23.6 Å². The summed E-state index contributed by atoms with van der Waals surface area (Å²) in [5.41, 5.74) is 1.93. The third-order valence-electron chi connectivity index (χ3n) is 3.45. The van der Waals surface area contributed by atoms with Crippen LogP contribution in [0.15, 0.2) is 29.8 Å². The topological polar surface area (TPSA) is 76.0 Å². The second kappa shape index (κ2) is 5.48. The van der Waals surface area contributed by atoms with E-state index in [1.165, 1.54) is 11.6 Å². The van der Waals surface area contributed by atoms with Gasteiger partial charge in [0.25, 0.3) is 0 Å². The predicted octanol–water partition coefficient (Wildman–Crippen LogP) is 3.58. The van der Waals surface area contributed by atoms with Gasteiger partial charge in [-0.3, -0.25) is 9.79 Å². The molecular formula is C15H21O5P. The summed E-state index contributed by atoms with van der Waals surface area (Å²) in [4.78, 5) is 17.8. The average molecular weight is 312 g/mol. The molecule has 1 aliphatic rings. The van der Waals surface area contributed by atoms with Gasteiger partial charge in [0, 0.05) is 11.0 Å². The van der Waals surface area contributed by atoms with Crippen molar-refractivity contribution in [2.75, 3.05) is 6.61 Å². The highest BCUT2D eigenvalue weighted by molar-refractivity contribution is 7.46. The van der Waals surface area contributed by atoms with E-state index in [0.29, 0.717) is 12.5 Å². The lowest BCUT2D eigenvalue weighted by molar-refractivity contribution is 0.219. The van der Waals surface area contributed by atoms with Crippen LogP contribution in [0.4, 0.5) is 0 Å². The van der Waals surface area contributed by atoms with E-state index in [1.807, 2.05) is 6.07 Å². The molecule has 0 atom stereocenters. The zero-order valence-electron chi connectivity index (χ0n) is 12.7. The smallest absolute Gasteiger partial charge is 0.492 e. The van der Waals surface area contributed by atoms with Crippen LogP contribution in [0.5, 0.6) is 5.75 Å². The summed E-state index contributed by atoms with van der Waals surface area (Å²) in [6, 6.07) is 6.65. The number of rotatable bonds is 4. The highest BCUT2D eigenvalue weighted by atomic mass is 31.2. The minimum atomic E-state index is -4.56. The van der Waals surface area contributed by atoms with E-state index in [-0.39, 0.29) is 11.2 Å². The van der Waals surface area contributed by atoms with E-state index in [2.05, 4.69) is 32.2 Å². The van der Waals surface area contributed by atoms with Gasteiger partial charge in [-0.1, -0.05) is 39.8 Å². The van der Waals surface area contributed by atoms with Crippen molar-refractivity contribution in [3.05, 3.63) is 35.4 Å². The molecule has 1 aromatic rings. The molecule has 0 saturated heterocycles. The van der Waals surface area contributed by atoms with E-state index < -0.39 is 7.82 Å². The van der Waals surface area contributed by atoms with Crippen LogP contribution in [0.3, 0.4) is 0 Å². The summed E-state index contributed by atoms with van der Waals surface area (Å²) in [6.45, 7) is 9.08. The van der Waals surface area contributed by atoms with Crippen molar-refractivity contribution in [2.24, 2.45) is 11.3 Å². The normalized spacial score (nSPS) is 18.0. The highest BCUT2D eigenvalue weighted by Crippen LogP contribution is 2.45. The molecule has 0 aromatic heterocycles. The van der Waals surface area contributed by atoms with Crippen LogP contribution in [-0.4, -0.2) is 16.4 Å². The van der Waals surface area contributed by atoms with Crippen LogP contribution in [0.25, 0.3) is 5.76 Å². The molecule has 116 valence electrons. The molecule has 6 heteroatoms. The minimum absolute atomic E-state index is 0.0520. The Morgan fingerprint density at radius 1 is 1.33 bits per heavy atom. The third kappa shape index (κ3) is 3.67. The van der Waals surface area contributed by atoms with E-state index in [1.54, 1.807) is 12.1 Å². The van der Waals surface area contributed by atoms with Gasteiger partial charge in [-0.05, 0) is 23.6 Å². The first-order chi connectivity index (χ1) is 9.60. The Balaban J connectivity index is 2.44. The fourth-order valence-corrected chi connectivity index (χ4v) is 3.22. The summed E-state index contributed by atoms with van der Waals surface area (Å²) >= 11 is 0. The first-order valence-corrected chi connectivity index (χ1v) is 8.36. The van der Waals surface area contributed by atoms with Gasteiger partial charge >= 0.3 is 7.82 Å². The standard InChI is InChI=1S/C15H21O5P/c1-10(2)13-14(19-9-15(13,3)4)11-6-5-7-12(8-11)20-21(16,17)18/h5-8,10H,9H2,1-4H3,(H2,16,17,18). The van der Waals surface area contributed by atoms with Crippen LogP contribution in [0, 0.1) is 11.3 Å². The number of phosphoric ester groups is 1. The summed E-state index contributed by atoms with van der Waals surface area (Å²) in [6.07, 6.45) is 0. The molecule has 5 nitrogen and oxygen atoms in total. The van der Waals surface area contributed by atoms with Crippen molar-refractivity contribution in [2.45, 2.75) is 27.7 Å². The zero-order valence-corrected chi connectivity index (χ0v) is 13.6. The molecule has 1 heterocycles. The van der Waals surface area contributed by atoms with Crippen LogP contribution in [0.1, 0.15) is 33.3 Å². The highest BCUT2D eigenvalue weighted by Gasteiger charge is 2.36. The van der Waals surface area contributed by atoms with Gasteiger partial charge in [-0.2, -0.15) is 0 Å². The second-order valence-electron chi connectivity index (χ2n) is 6.18. The van der Waals surface area contributed by atoms with Crippen molar-refractivity contribution in [3.8, 4) is 5.75 Å². The summed E-state index contributed by atoms with van der Waals surface area (Å²) in [5, 5.41) is 0. The number of hydrogen-bond acceptors (Lipinski definition) is 3. The Kier molecular flexibility index (Phi) is 4.20. The van der Waals surface area contributed by atoms with Gasteiger partial charge in [0.05, 0.1) is 6.61 Å². The van der Waals surface area contributed by atoms with Gasteiger partial charge in [0.15, 0.2) is 0 Å². The SMILES string of the molecule is CC(C)C1=C(c2cccc(OP(=O)(O)O)c2)OCC1(C)C. The van der Waals surface area contributed by atoms with Crippen LogP contribution in [-0.2, 0) is 9.30 Å². The largest absolute Gasteiger partial charge is 0.524 e. The Labute approximate surface area is 124 Å². The number of hydrogen-bond donors (Lipinski definition) is 2. The minimum Gasteiger partial charge on any atom is -0.492 e. The molecule has 0 fully saturated rings. The Morgan fingerprint density at radius 3 is 2.57 bits per heavy atom. The summed E-state index contributed by atoms with van der Waals surface area (Å²) in [5.74, 6) is 1.24. The average Bonchev–Trinajstić information content (AvgIpc) is 2.63. The molecule has 0 spiro atoms. The van der Waals surface area contributed by atoms with Gasteiger partial charge in [-0.25, -0.2) is 4.57 Å². The molecule has 0 aliphatic carbocycles. The maximum atomic E-state index is 10.9. The van der Waals surface area contributed by atoms with E-state index in [9.17, 15) is 4.57 Å². The first-order valence-electron chi connectivity index (χ1n) is 6.83. The Hall–Kier alpha value is -1.29. The molecular weight excluding hydrogens is 291 g/mol. The van der Waals surface area contributed by atoms with Crippen molar-refractivity contribution in [1.82, 2.24) is 0 Å². The third-order valence-corrected chi connectivity index (χ3v) is 3.90. The first kappa shape index (κ1) is 16.1. The monoisotopic (exact) mass is 312 g/mol. The number of ether oxygens (including phenoxy) is 1. The fourth-order valence-electron chi connectivity index (χ4n) is 2.83. The maximum absolute atomic E-state index is 10.9. The van der Waals surface area contributed by atoms with E-state index >= 15 is 0 Å². The number of benzene rings is 1. The molecule has 2 rings (SSSR count). The molecule has 1 aromatic carbocycles. The molecule has 0 amide bonds. The molecule has 0 bridgehead atoms. The molecule has 0 radical (unpaired) electrons. The van der Waals surface area contributed by atoms with Crippen LogP contribution in [0.2, 0.25) is 0 Å². The molecule has 0 unspecified atom stereocenters. The lowest BCUT2D eigenvalue weighted by Crippen LogP contribution is -2.18. The molecule has 2 N–H and O–H groups in total. The van der Waals surface area contributed by atoms with Crippen LogP contribution >= 0.6 is 7.82 Å². The van der Waals surface area contributed by atoms with Gasteiger partial charge in [0.1, 0.15) is 11.5 Å². The van der Waals surface area contributed by atoms with Crippen LogP contribution < -0.4 is 4.52 Å². The molecule has 0 saturated carbocycles. The van der Waals surface area contributed by atoms with Gasteiger partial charge < -0.3 is 9.26 Å². The second-order valence-corrected chi connectivity index (χ2v) is 7.34. The molecule has 21 heavy (non-hydrogen) atoms. The summed E-state index contributed by atoms with van der Waals surface area (Å²) < 4.78 is 21.4. The quantitative estimate of drug-likeness (QED) is 0.831. The van der Waals surface area contributed by atoms with Gasteiger partial charge in [0.2, 0.25) is 0 Å². The Morgan fingerprint density at radius 2 is 2.00 bits per heavy atom.